The fourth-order valence-corrected chi connectivity index (χ4v) is 8.95. The number of benzene rings is 9. The van der Waals surface area contributed by atoms with Gasteiger partial charge in [0.25, 0.3) is 0 Å². The molecule has 1 aromatic heterocycles. The Hall–Kier alpha value is -6.74. The molecule has 0 saturated heterocycles. The van der Waals surface area contributed by atoms with E-state index >= 15 is 0 Å². The summed E-state index contributed by atoms with van der Waals surface area (Å²) in [6, 6.07) is 19.7. The van der Waals surface area contributed by atoms with Crippen LogP contribution in [0, 0.1) is 0 Å². The van der Waals surface area contributed by atoms with Crippen molar-refractivity contribution in [2.75, 3.05) is 4.90 Å². The minimum atomic E-state index is -0.804. The molecule has 1 aliphatic carbocycles. The van der Waals surface area contributed by atoms with Crippen molar-refractivity contribution in [1.29, 1.82) is 0 Å². The highest BCUT2D eigenvalue weighted by molar-refractivity contribution is 7.25. The Kier molecular flexibility index (Phi) is 4.73. The first-order chi connectivity index (χ1) is 35.1. The number of anilines is 3. The second kappa shape index (κ2) is 13.2. The van der Waals surface area contributed by atoms with Crippen LogP contribution in [0.2, 0.25) is 0 Å². The average Bonchev–Trinajstić information content (AvgIpc) is 3.94. The molecule has 9 aromatic carbocycles. The molecule has 1 heterocycles. The van der Waals surface area contributed by atoms with Crippen molar-refractivity contribution in [2.45, 2.75) is 19.3 Å². The number of hydrogen-bond acceptors (Lipinski definition) is 2. The van der Waals surface area contributed by atoms with Crippen LogP contribution in [-0.2, 0) is 5.41 Å². The highest BCUT2D eigenvalue weighted by Gasteiger charge is 2.35. The first-order valence-electron chi connectivity index (χ1n) is 26.9. The zero-order chi connectivity index (χ0) is 52.9. The zero-order valence-electron chi connectivity index (χ0n) is 47.6. The Morgan fingerprint density at radius 2 is 1.12 bits per heavy atom. The molecular formula is C55H39NS. The fraction of sp³-hybridized carbons (Fsp3) is 0.0545. The highest BCUT2D eigenvalue weighted by atomic mass is 32.1. The molecular weight excluding hydrogens is 707 g/mol. The maximum atomic E-state index is 9.90. The van der Waals surface area contributed by atoms with E-state index in [0.717, 1.165) is 44.7 Å². The van der Waals surface area contributed by atoms with Gasteiger partial charge in [-0.3, -0.25) is 0 Å². The summed E-state index contributed by atoms with van der Waals surface area (Å²) >= 11 is 0.750. The molecule has 11 rings (SSSR count). The predicted molar refractivity (Wildman–Crippen MR) is 245 cm³/mol. The number of hydrogen-bond donors (Lipinski definition) is 0. The molecule has 0 bridgehead atoms. The molecule has 0 atom stereocenters. The number of rotatable bonds is 6. The van der Waals surface area contributed by atoms with E-state index < -0.39 is 141 Å². The summed E-state index contributed by atoms with van der Waals surface area (Å²) in [5.74, 6) is 0. The smallest absolute Gasteiger partial charge is 0.0645 e. The van der Waals surface area contributed by atoms with Gasteiger partial charge in [0, 0.05) is 42.6 Å². The Morgan fingerprint density at radius 3 is 1.96 bits per heavy atom. The van der Waals surface area contributed by atoms with Crippen LogP contribution in [0.5, 0.6) is 0 Å². The quantitative estimate of drug-likeness (QED) is 0.163. The van der Waals surface area contributed by atoms with Crippen molar-refractivity contribution in [1.82, 2.24) is 0 Å². The van der Waals surface area contributed by atoms with Crippen molar-refractivity contribution in [3.05, 3.63) is 211 Å². The Balaban J connectivity index is 1.23. The van der Waals surface area contributed by atoms with Gasteiger partial charge in [0.2, 0.25) is 0 Å². The molecule has 1 aliphatic rings. The highest BCUT2D eigenvalue weighted by Crippen LogP contribution is 2.51. The van der Waals surface area contributed by atoms with E-state index in [2.05, 4.69) is 26.0 Å². The SMILES string of the molecule is [2H]c1c([2H])c(N(c2ccc(-c3ccccc3)cc2)c2ccc3c(c2)C(C)(C)c2ccccc2-3)c([2H])c([2H])c1-c1c([2H])c([2H])c2c([2H])c([2H])c([2H])c([2H])c2c1-c1c([2H])c([2H])c2c(sc3c([2H])c([2H])c([2H])c([2H])c32)c1[2H]. The van der Waals surface area contributed by atoms with Crippen LogP contribution in [0.3, 0.4) is 0 Å². The van der Waals surface area contributed by atoms with Crippen molar-refractivity contribution in [3.63, 3.8) is 0 Å². The average molecular weight is 763 g/mol. The number of nitrogens with zero attached hydrogens (tertiary/aromatic N) is 1. The van der Waals surface area contributed by atoms with E-state index in [0.29, 0.717) is 11.4 Å². The van der Waals surface area contributed by atoms with Gasteiger partial charge in [-0.2, -0.15) is 0 Å². The maximum Gasteiger partial charge on any atom is 0.0645 e. The molecule has 0 saturated carbocycles. The van der Waals surface area contributed by atoms with Gasteiger partial charge in [-0.25, -0.2) is 0 Å². The molecule has 0 spiro atoms. The normalized spacial score (nSPS) is 17.1. The lowest BCUT2D eigenvalue weighted by Crippen LogP contribution is -2.16. The van der Waals surface area contributed by atoms with Gasteiger partial charge in [-0.05, 0) is 115 Å². The first-order valence-corrected chi connectivity index (χ1v) is 19.2. The monoisotopic (exact) mass is 762 g/mol. The van der Waals surface area contributed by atoms with E-state index in [1.165, 1.54) is 0 Å². The van der Waals surface area contributed by atoms with Crippen LogP contribution in [0.15, 0.2) is 200 Å². The van der Waals surface area contributed by atoms with Gasteiger partial charge in [0.1, 0.15) is 0 Å². The van der Waals surface area contributed by atoms with Crippen LogP contribution >= 0.6 is 11.3 Å². The number of thiophene rings is 1. The van der Waals surface area contributed by atoms with Crippen molar-refractivity contribution < 1.29 is 23.3 Å². The van der Waals surface area contributed by atoms with E-state index in [9.17, 15) is 13.7 Å². The van der Waals surface area contributed by atoms with Crippen LogP contribution in [-0.4, -0.2) is 0 Å². The lowest BCUT2D eigenvalue weighted by Gasteiger charge is -2.28. The van der Waals surface area contributed by atoms with Gasteiger partial charge in [-0.1, -0.05) is 165 Å². The first kappa shape index (κ1) is 20.4. The van der Waals surface area contributed by atoms with Crippen molar-refractivity contribution in [3.8, 4) is 44.5 Å². The van der Waals surface area contributed by atoms with Crippen LogP contribution in [0.1, 0.15) is 48.3 Å². The van der Waals surface area contributed by atoms with Gasteiger partial charge < -0.3 is 4.90 Å². The summed E-state index contributed by atoms with van der Waals surface area (Å²) in [5.41, 5.74) is 4.13. The van der Waals surface area contributed by atoms with Gasteiger partial charge in [0.05, 0.1) is 23.3 Å². The lowest BCUT2D eigenvalue weighted by atomic mass is 9.82. The van der Waals surface area contributed by atoms with Crippen molar-refractivity contribution in [2.24, 2.45) is 0 Å². The van der Waals surface area contributed by atoms with Gasteiger partial charge >= 0.3 is 0 Å². The van der Waals surface area contributed by atoms with Crippen LogP contribution < -0.4 is 4.90 Å². The van der Waals surface area contributed by atoms with Crippen molar-refractivity contribution >= 4 is 59.3 Å². The van der Waals surface area contributed by atoms with E-state index in [1.54, 1.807) is 4.90 Å². The zero-order valence-corrected chi connectivity index (χ0v) is 31.4. The van der Waals surface area contributed by atoms with Crippen LogP contribution in [0.25, 0.3) is 75.5 Å². The summed E-state index contributed by atoms with van der Waals surface area (Å²) < 4.78 is 157. The molecule has 57 heavy (non-hydrogen) atoms. The topological polar surface area (TPSA) is 3.24 Å². The Labute approximate surface area is 361 Å². The summed E-state index contributed by atoms with van der Waals surface area (Å²) in [7, 11) is 0. The third-order valence-corrected chi connectivity index (χ3v) is 11.8. The molecule has 2 heteroatoms. The number of fused-ring (bicyclic) bond motifs is 7. The van der Waals surface area contributed by atoms with Crippen LogP contribution in [0.4, 0.5) is 17.1 Å². The Morgan fingerprint density at radius 1 is 0.456 bits per heavy atom. The predicted octanol–water partition coefficient (Wildman–Crippen LogP) is 16.0. The molecule has 0 unspecified atom stereocenters. The Bertz CT molecular complexity index is 4100. The molecule has 10 aromatic rings. The van der Waals surface area contributed by atoms with E-state index in [1.807, 2.05) is 84.9 Å². The second-order valence-electron chi connectivity index (χ2n) is 14.4. The molecule has 1 nitrogen and oxygen atoms in total. The lowest BCUT2D eigenvalue weighted by molar-refractivity contribution is 0.660. The van der Waals surface area contributed by atoms with Gasteiger partial charge in [-0.15, -0.1) is 11.3 Å². The van der Waals surface area contributed by atoms with E-state index in [-0.39, 0.29) is 25.9 Å². The van der Waals surface area contributed by atoms with Gasteiger partial charge in [0.15, 0.2) is 0 Å². The molecule has 0 fully saturated rings. The minimum Gasteiger partial charge on any atom is -0.310 e. The molecule has 270 valence electrons. The molecule has 0 radical (unpaired) electrons. The minimum absolute atomic E-state index is 0.00913. The summed E-state index contributed by atoms with van der Waals surface area (Å²) in [6.07, 6.45) is 0. The fourth-order valence-electron chi connectivity index (χ4n) is 7.98. The summed E-state index contributed by atoms with van der Waals surface area (Å²) in [5, 5.41) is -1.20. The summed E-state index contributed by atoms with van der Waals surface area (Å²) in [4.78, 5) is 1.63. The molecule has 0 aliphatic heterocycles. The second-order valence-corrected chi connectivity index (χ2v) is 15.4. The summed E-state index contributed by atoms with van der Waals surface area (Å²) in [6.45, 7) is 4.22. The third-order valence-electron chi connectivity index (χ3n) is 10.8. The third kappa shape index (κ3) is 5.51. The maximum absolute atomic E-state index is 9.90. The van der Waals surface area contributed by atoms with E-state index in [4.69, 9.17) is 9.60 Å². The largest absolute Gasteiger partial charge is 0.310 e. The molecule has 0 N–H and O–H groups in total. The molecule has 0 amide bonds. The standard InChI is InChI=1S/C55H39NS/c1-55(2)50-18-10-8-16-46(50)47-33-30-43(35-51(47)55)56(41-26-20-37(21-27-41)36-12-4-3-5-13-36)42-28-22-39(23-29-42)45-31-24-38-14-6-7-15-44(38)54(45)40-25-32-49-48-17-9-11-19-52(48)57-53(49)34-40/h3-35H,1-2H3/i6D,7D,9D,11D,14D,15D,17D,19D,22D,23D,24D,25D,28D,29D,31D,32D,34D.